The van der Waals surface area contributed by atoms with Crippen LogP contribution in [0.3, 0.4) is 0 Å². The molecular formula is C10H12ClFO. The highest BCUT2D eigenvalue weighted by molar-refractivity contribution is 6.30. The van der Waals surface area contributed by atoms with E-state index in [9.17, 15) is 4.39 Å². The predicted octanol–water partition coefficient (Wildman–Crippen LogP) is 3.61. The van der Waals surface area contributed by atoms with E-state index in [1.807, 2.05) is 13.8 Å². The van der Waals surface area contributed by atoms with Crippen LogP contribution in [0, 0.1) is 5.82 Å². The fourth-order valence-electron chi connectivity index (χ4n) is 1.21. The molecule has 0 atom stereocenters. The SMILES string of the molecule is COc1c(C(C)C)ccc(Cl)c1F. The van der Waals surface area contributed by atoms with Gasteiger partial charge in [-0.15, -0.1) is 0 Å². The summed E-state index contributed by atoms with van der Waals surface area (Å²) in [6, 6.07) is 3.34. The van der Waals surface area contributed by atoms with Crippen molar-refractivity contribution in [3.63, 3.8) is 0 Å². The summed E-state index contributed by atoms with van der Waals surface area (Å²) >= 11 is 5.61. The fourth-order valence-corrected chi connectivity index (χ4v) is 1.36. The van der Waals surface area contributed by atoms with Gasteiger partial charge in [0.25, 0.3) is 0 Å². The lowest BCUT2D eigenvalue weighted by Gasteiger charge is -2.12. The van der Waals surface area contributed by atoms with E-state index in [1.54, 1.807) is 12.1 Å². The maximum atomic E-state index is 13.4. The molecule has 0 bridgehead atoms. The van der Waals surface area contributed by atoms with E-state index in [0.717, 1.165) is 5.56 Å². The first-order valence-corrected chi connectivity index (χ1v) is 4.47. The molecule has 0 unspecified atom stereocenters. The Labute approximate surface area is 82.5 Å². The normalized spacial score (nSPS) is 10.6. The first-order valence-electron chi connectivity index (χ1n) is 4.09. The molecule has 0 aliphatic carbocycles. The van der Waals surface area contributed by atoms with Crippen LogP contribution in [0.2, 0.25) is 5.02 Å². The quantitative estimate of drug-likeness (QED) is 0.712. The van der Waals surface area contributed by atoms with E-state index in [1.165, 1.54) is 7.11 Å². The van der Waals surface area contributed by atoms with E-state index >= 15 is 0 Å². The van der Waals surface area contributed by atoms with Crippen LogP contribution in [-0.2, 0) is 0 Å². The van der Waals surface area contributed by atoms with Crippen molar-refractivity contribution in [1.82, 2.24) is 0 Å². The van der Waals surface area contributed by atoms with Gasteiger partial charge in [-0.3, -0.25) is 0 Å². The van der Waals surface area contributed by atoms with Crippen molar-refractivity contribution in [1.29, 1.82) is 0 Å². The van der Waals surface area contributed by atoms with Gasteiger partial charge in [-0.1, -0.05) is 31.5 Å². The van der Waals surface area contributed by atoms with E-state index in [-0.39, 0.29) is 16.7 Å². The summed E-state index contributed by atoms with van der Waals surface area (Å²) in [6.45, 7) is 3.95. The third-order valence-electron chi connectivity index (χ3n) is 1.91. The van der Waals surface area contributed by atoms with Gasteiger partial charge in [-0.2, -0.15) is 0 Å². The molecule has 72 valence electrons. The van der Waals surface area contributed by atoms with Crippen LogP contribution in [0.1, 0.15) is 25.3 Å². The lowest BCUT2D eigenvalue weighted by molar-refractivity contribution is 0.379. The van der Waals surface area contributed by atoms with Crippen LogP contribution in [0.4, 0.5) is 4.39 Å². The molecule has 0 fully saturated rings. The number of hydrogen-bond acceptors (Lipinski definition) is 1. The molecule has 0 aliphatic rings. The summed E-state index contributed by atoms with van der Waals surface area (Å²) in [5.41, 5.74) is 0.837. The Morgan fingerprint density at radius 2 is 2.00 bits per heavy atom. The van der Waals surface area contributed by atoms with Crippen molar-refractivity contribution in [2.24, 2.45) is 0 Å². The monoisotopic (exact) mass is 202 g/mol. The molecule has 0 radical (unpaired) electrons. The largest absolute Gasteiger partial charge is 0.493 e. The van der Waals surface area contributed by atoms with Crippen LogP contribution in [0.15, 0.2) is 12.1 Å². The van der Waals surface area contributed by atoms with Crippen LogP contribution < -0.4 is 4.74 Å². The minimum Gasteiger partial charge on any atom is -0.493 e. The summed E-state index contributed by atoms with van der Waals surface area (Å²) in [5, 5.41) is 0.0984. The van der Waals surface area contributed by atoms with Gasteiger partial charge in [0.05, 0.1) is 12.1 Å². The summed E-state index contributed by atoms with van der Waals surface area (Å²) < 4.78 is 18.3. The zero-order valence-corrected chi connectivity index (χ0v) is 8.65. The van der Waals surface area contributed by atoms with Gasteiger partial charge in [0, 0.05) is 0 Å². The number of halogens is 2. The third-order valence-corrected chi connectivity index (χ3v) is 2.20. The van der Waals surface area contributed by atoms with Crippen LogP contribution in [0.25, 0.3) is 0 Å². The molecule has 1 aromatic rings. The second-order valence-corrected chi connectivity index (χ2v) is 3.55. The number of ether oxygens (including phenoxy) is 1. The molecule has 0 aliphatic heterocycles. The highest BCUT2D eigenvalue weighted by Crippen LogP contribution is 2.32. The summed E-state index contributed by atoms with van der Waals surface area (Å²) in [4.78, 5) is 0. The molecule has 13 heavy (non-hydrogen) atoms. The van der Waals surface area contributed by atoms with Crippen LogP contribution >= 0.6 is 11.6 Å². The van der Waals surface area contributed by atoms with Gasteiger partial charge in [-0.25, -0.2) is 4.39 Å². The molecule has 0 saturated carbocycles. The van der Waals surface area contributed by atoms with Crippen molar-refractivity contribution in [2.75, 3.05) is 7.11 Å². The fraction of sp³-hybridized carbons (Fsp3) is 0.400. The number of benzene rings is 1. The van der Waals surface area contributed by atoms with Crippen LogP contribution in [-0.4, -0.2) is 7.11 Å². The topological polar surface area (TPSA) is 9.23 Å². The molecule has 1 rings (SSSR count). The first-order chi connectivity index (χ1) is 6.07. The number of rotatable bonds is 2. The Kier molecular flexibility index (Phi) is 3.15. The Morgan fingerprint density at radius 3 is 2.46 bits per heavy atom. The Hall–Kier alpha value is -0.760. The molecule has 1 nitrogen and oxygen atoms in total. The van der Waals surface area contributed by atoms with Crippen molar-refractivity contribution in [3.8, 4) is 5.75 Å². The molecule has 3 heteroatoms. The molecule has 0 spiro atoms. The Morgan fingerprint density at radius 1 is 1.38 bits per heavy atom. The zero-order valence-electron chi connectivity index (χ0n) is 7.90. The van der Waals surface area contributed by atoms with Crippen molar-refractivity contribution in [3.05, 3.63) is 28.5 Å². The number of methoxy groups -OCH3 is 1. The molecule has 0 heterocycles. The minimum atomic E-state index is -0.477. The predicted molar refractivity (Wildman–Crippen MR) is 52.1 cm³/mol. The van der Waals surface area contributed by atoms with Crippen molar-refractivity contribution >= 4 is 11.6 Å². The highest BCUT2D eigenvalue weighted by Gasteiger charge is 2.14. The maximum absolute atomic E-state index is 13.4. The Bertz CT molecular complexity index is 310. The molecular weight excluding hydrogens is 191 g/mol. The summed E-state index contributed by atoms with van der Waals surface area (Å²) in [5.74, 6) is -0.000386. The smallest absolute Gasteiger partial charge is 0.183 e. The molecule has 0 aromatic heterocycles. The van der Waals surface area contributed by atoms with Gasteiger partial charge >= 0.3 is 0 Å². The van der Waals surface area contributed by atoms with E-state index in [0.29, 0.717) is 0 Å². The van der Waals surface area contributed by atoms with Gasteiger partial charge < -0.3 is 4.74 Å². The van der Waals surface area contributed by atoms with Crippen molar-refractivity contribution in [2.45, 2.75) is 19.8 Å². The minimum absolute atomic E-state index is 0.0984. The van der Waals surface area contributed by atoms with Crippen molar-refractivity contribution < 1.29 is 9.13 Å². The van der Waals surface area contributed by atoms with E-state index in [2.05, 4.69) is 0 Å². The lowest BCUT2D eigenvalue weighted by atomic mass is 10.0. The summed E-state index contributed by atoms with van der Waals surface area (Å²) in [7, 11) is 1.45. The second-order valence-electron chi connectivity index (χ2n) is 3.14. The lowest BCUT2D eigenvalue weighted by Crippen LogP contribution is -1.97. The average Bonchev–Trinajstić information content (AvgIpc) is 2.09. The summed E-state index contributed by atoms with van der Waals surface area (Å²) in [6.07, 6.45) is 0. The van der Waals surface area contributed by atoms with Gasteiger partial charge in [0.1, 0.15) is 0 Å². The highest BCUT2D eigenvalue weighted by atomic mass is 35.5. The molecule has 0 amide bonds. The Balaban J connectivity index is 3.30. The molecule has 0 N–H and O–H groups in total. The van der Waals surface area contributed by atoms with E-state index < -0.39 is 5.82 Å². The van der Waals surface area contributed by atoms with Crippen LogP contribution in [0.5, 0.6) is 5.75 Å². The molecule has 0 saturated heterocycles. The maximum Gasteiger partial charge on any atom is 0.183 e. The van der Waals surface area contributed by atoms with Gasteiger partial charge in [0.15, 0.2) is 11.6 Å². The number of hydrogen-bond donors (Lipinski definition) is 0. The second kappa shape index (κ2) is 3.97. The molecule has 1 aromatic carbocycles. The van der Waals surface area contributed by atoms with Gasteiger partial charge in [-0.05, 0) is 17.5 Å². The van der Waals surface area contributed by atoms with E-state index in [4.69, 9.17) is 16.3 Å². The standard InChI is InChI=1S/C10H12ClFO/c1-6(2)7-4-5-8(11)9(12)10(7)13-3/h4-6H,1-3H3. The average molecular weight is 203 g/mol. The third kappa shape index (κ3) is 1.94. The zero-order chi connectivity index (χ0) is 10.0. The first kappa shape index (κ1) is 10.3. The van der Waals surface area contributed by atoms with Gasteiger partial charge in [0.2, 0.25) is 0 Å².